The zero-order valence-corrected chi connectivity index (χ0v) is 16.0. The number of rotatable bonds is 8. The Bertz CT molecular complexity index is 717. The summed E-state index contributed by atoms with van der Waals surface area (Å²) in [5.41, 5.74) is 4.80. The summed E-state index contributed by atoms with van der Waals surface area (Å²) < 4.78 is 0. The van der Waals surface area contributed by atoms with Crippen molar-refractivity contribution >= 4 is 23.1 Å². The van der Waals surface area contributed by atoms with Crippen molar-refractivity contribution in [2.45, 2.75) is 0 Å². The smallest absolute Gasteiger partial charge is 0.128 e. The Morgan fingerprint density at radius 1 is 1.15 bits per heavy atom. The number of benzene rings is 1. The quantitative estimate of drug-likeness (QED) is 0.535. The normalized spacial score (nSPS) is 15.8. The van der Waals surface area contributed by atoms with Crippen LogP contribution in [0.4, 0.5) is 5.82 Å². The summed E-state index contributed by atoms with van der Waals surface area (Å²) in [6, 6.07) is 13.6. The third-order valence-corrected chi connectivity index (χ3v) is 4.68. The molecule has 7 heteroatoms. The van der Waals surface area contributed by atoms with Gasteiger partial charge in [-0.05, 0) is 35.9 Å². The molecule has 27 heavy (non-hydrogen) atoms. The van der Waals surface area contributed by atoms with E-state index in [0.717, 1.165) is 49.8 Å². The van der Waals surface area contributed by atoms with Crippen LogP contribution in [0.2, 0.25) is 5.02 Å². The maximum Gasteiger partial charge on any atom is 0.128 e. The van der Waals surface area contributed by atoms with Gasteiger partial charge < -0.3 is 10.0 Å². The van der Waals surface area contributed by atoms with Gasteiger partial charge in [-0.25, -0.2) is 4.98 Å². The van der Waals surface area contributed by atoms with Crippen LogP contribution in [-0.2, 0) is 4.84 Å². The van der Waals surface area contributed by atoms with E-state index in [0.29, 0.717) is 5.02 Å². The van der Waals surface area contributed by atoms with Crippen molar-refractivity contribution in [2.75, 3.05) is 50.8 Å². The van der Waals surface area contributed by atoms with Crippen LogP contribution in [0, 0.1) is 0 Å². The van der Waals surface area contributed by atoms with Crippen LogP contribution in [0.3, 0.4) is 0 Å². The third kappa shape index (κ3) is 5.94. The molecular formula is C20H25ClN4O2. The summed E-state index contributed by atoms with van der Waals surface area (Å²) in [6.45, 7) is 4.86. The van der Waals surface area contributed by atoms with Gasteiger partial charge in [0.25, 0.3) is 0 Å². The van der Waals surface area contributed by atoms with Crippen molar-refractivity contribution in [3.63, 3.8) is 0 Å². The lowest BCUT2D eigenvalue weighted by atomic mass is 10.1. The van der Waals surface area contributed by atoms with Gasteiger partial charge in [0.15, 0.2) is 0 Å². The van der Waals surface area contributed by atoms with Gasteiger partial charge in [-0.15, -0.1) is 0 Å². The lowest BCUT2D eigenvalue weighted by Gasteiger charge is -2.35. The molecule has 0 aliphatic carbocycles. The van der Waals surface area contributed by atoms with E-state index in [1.807, 2.05) is 42.6 Å². The fourth-order valence-corrected chi connectivity index (χ4v) is 3.07. The van der Waals surface area contributed by atoms with Gasteiger partial charge in [0.2, 0.25) is 0 Å². The van der Waals surface area contributed by atoms with E-state index in [-0.39, 0.29) is 13.2 Å². The molecular weight excluding hydrogens is 364 g/mol. The number of halogens is 1. The first kappa shape index (κ1) is 19.6. The molecule has 1 aliphatic heterocycles. The van der Waals surface area contributed by atoms with E-state index in [4.69, 9.17) is 21.5 Å². The van der Waals surface area contributed by atoms with Crippen LogP contribution >= 0.6 is 11.6 Å². The molecule has 0 unspecified atom stereocenters. The molecule has 3 rings (SSSR count). The minimum absolute atomic E-state index is 0.0314. The van der Waals surface area contributed by atoms with Crippen molar-refractivity contribution in [1.29, 1.82) is 0 Å². The van der Waals surface area contributed by atoms with Crippen LogP contribution < -0.4 is 10.4 Å². The number of hydroxylamine groups is 1. The van der Waals surface area contributed by atoms with Crippen molar-refractivity contribution < 1.29 is 9.94 Å². The van der Waals surface area contributed by atoms with E-state index in [1.165, 1.54) is 0 Å². The first-order chi connectivity index (χ1) is 13.3. The van der Waals surface area contributed by atoms with E-state index in [9.17, 15) is 0 Å². The summed E-state index contributed by atoms with van der Waals surface area (Å²) in [5.74, 6) is 1.04. The van der Waals surface area contributed by atoms with Gasteiger partial charge in [0.05, 0.1) is 18.9 Å². The molecule has 1 aromatic carbocycles. The Kier molecular flexibility index (Phi) is 7.47. The van der Waals surface area contributed by atoms with E-state index < -0.39 is 0 Å². The maximum atomic E-state index is 8.92. The molecule has 144 valence electrons. The molecule has 2 aromatic rings. The first-order valence-electron chi connectivity index (χ1n) is 9.09. The van der Waals surface area contributed by atoms with Crippen LogP contribution in [0.15, 0.2) is 54.7 Å². The number of pyridine rings is 1. The largest absolute Gasteiger partial charge is 0.394 e. The molecule has 1 aliphatic rings. The second kappa shape index (κ2) is 10.3. The van der Waals surface area contributed by atoms with Gasteiger partial charge in [-0.2, -0.15) is 0 Å². The van der Waals surface area contributed by atoms with Crippen LogP contribution in [-0.4, -0.2) is 60.9 Å². The molecule has 0 bridgehead atoms. The summed E-state index contributed by atoms with van der Waals surface area (Å²) >= 11 is 5.98. The minimum atomic E-state index is -0.0314. The number of anilines is 1. The van der Waals surface area contributed by atoms with E-state index in [2.05, 4.69) is 32.4 Å². The monoisotopic (exact) mass is 388 g/mol. The third-order valence-electron chi connectivity index (χ3n) is 4.43. The molecule has 0 amide bonds. The Balaban J connectivity index is 1.58. The molecule has 1 fully saturated rings. The SMILES string of the molecule is OCCONC(=CCN1CCN(c2ccccn2)CC1)c1ccc(Cl)cc1. The lowest BCUT2D eigenvalue weighted by molar-refractivity contribution is 0.0478. The number of aromatic nitrogens is 1. The number of aliphatic hydroxyl groups excluding tert-OH is 1. The van der Waals surface area contributed by atoms with Crippen molar-refractivity contribution in [1.82, 2.24) is 15.4 Å². The van der Waals surface area contributed by atoms with Crippen LogP contribution in [0.25, 0.3) is 5.70 Å². The van der Waals surface area contributed by atoms with Crippen LogP contribution in [0.5, 0.6) is 0 Å². The molecule has 0 saturated carbocycles. The van der Waals surface area contributed by atoms with E-state index >= 15 is 0 Å². The Morgan fingerprint density at radius 2 is 1.93 bits per heavy atom. The predicted molar refractivity (Wildman–Crippen MR) is 108 cm³/mol. The zero-order chi connectivity index (χ0) is 18.9. The highest BCUT2D eigenvalue weighted by molar-refractivity contribution is 6.30. The number of hydrogen-bond donors (Lipinski definition) is 2. The Labute approximate surface area is 165 Å². The fraction of sp³-hybridized carbons (Fsp3) is 0.350. The minimum Gasteiger partial charge on any atom is -0.394 e. The molecule has 2 N–H and O–H groups in total. The van der Waals surface area contributed by atoms with E-state index in [1.54, 1.807) is 0 Å². The van der Waals surface area contributed by atoms with Crippen molar-refractivity contribution in [3.05, 3.63) is 65.3 Å². The van der Waals surface area contributed by atoms with Gasteiger partial charge in [0.1, 0.15) is 5.82 Å². The summed E-state index contributed by atoms with van der Waals surface area (Å²) in [5, 5.41) is 9.61. The second-order valence-electron chi connectivity index (χ2n) is 6.27. The fourth-order valence-electron chi connectivity index (χ4n) is 2.94. The molecule has 0 atom stereocenters. The maximum absolute atomic E-state index is 8.92. The number of nitrogens with zero attached hydrogens (tertiary/aromatic N) is 3. The predicted octanol–water partition coefficient (Wildman–Crippen LogP) is 2.41. The van der Waals surface area contributed by atoms with Gasteiger partial charge in [-0.3, -0.25) is 15.2 Å². The zero-order valence-electron chi connectivity index (χ0n) is 15.2. The van der Waals surface area contributed by atoms with Gasteiger partial charge in [0, 0.05) is 43.9 Å². The summed E-state index contributed by atoms with van der Waals surface area (Å²) in [4.78, 5) is 14.4. The van der Waals surface area contributed by atoms with Gasteiger partial charge >= 0.3 is 0 Å². The Hall–Kier alpha value is -2.12. The topological polar surface area (TPSA) is 60.9 Å². The van der Waals surface area contributed by atoms with Crippen molar-refractivity contribution in [2.24, 2.45) is 0 Å². The highest BCUT2D eigenvalue weighted by atomic mass is 35.5. The molecule has 1 aromatic heterocycles. The molecule has 0 radical (unpaired) electrons. The molecule has 1 saturated heterocycles. The summed E-state index contributed by atoms with van der Waals surface area (Å²) in [7, 11) is 0. The first-order valence-corrected chi connectivity index (χ1v) is 9.47. The molecule has 2 heterocycles. The summed E-state index contributed by atoms with van der Waals surface area (Å²) in [6.07, 6.45) is 3.94. The standard InChI is InChI=1S/C20H25ClN4O2/c21-18-6-4-17(5-7-18)19(23-27-16-15-26)8-10-24-11-13-25(14-12-24)20-3-1-2-9-22-20/h1-9,23,26H,10-16H2. The highest BCUT2D eigenvalue weighted by Gasteiger charge is 2.17. The van der Waals surface area contributed by atoms with Crippen LogP contribution in [0.1, 0.15) is 5.56 Å². The Morgan fingerprint density at radius 3 is 2.59 bits per heavy atom. The lowest BCUT2D eigenvalue weighted by Crippen LogP contribution is -2.46. The second-order valence-corrected chi connectivity index (χ2v) is 6.71. The number of piperazine rings is 1. The van der Waals surface area contributed by atoms with Crippen molar-refractivity contribution in [3.8, 4) is 0 Å². The highest BCUT2D eigenvalue weighted by Crippen LogP contribution is 2.17. The average molecular weight is 389 g/mol. The molecule has 0 spiro atoms. The number of aliphatic hydroxyl groups is 1. The molecule has 6 nitrogen and oxygen atoms in total. The number of hydrogen-bond acceptors (Lipinski definition) is 6. The van der Waals surface area contributed by atoms with Gasteiger partial charge in [-0.1, -0.05) is 29.8 Å². The number of nitrogens with one attached hydrogen (secondary N) is 1. The average Bonchev–Trinajstić information content (AvgIpc) is 2.72.